The van der Waals surface area contributed by atoms with Crippen LogP contribution in [0, 0.1) is 5.41 Å². The molecular weight excluding hydrogens is 306 g/mol. The summed E-state index contributed by atoms with van der Waals surface area (Å²) in [4.78, 5) is 0. The van der Waals surface area contributed by atoms with Crippen LogP contribution in [0.2, 0.25) is 0 Å². The number of hydrogen-bond acceptors (Lipinski definition) is 3. The smallest absolute Gasteiger partial charge is 0.0523 e. The van der Waals surface area contributed by atoms with Gasteiger partial charge in [0.25, 0.3) is 0 Å². The average Bonchev–Trinajstić information content (AvgIpc) is 2.46. The molecule has 0 fully saturated rings. The van der Waals surface area contributed by atoms with Gasteiger partial charge in [-0.2, -0.15) is 0 Å². The van der Waals surface area contributed by atoms with Crippen molar-refractivity contribution in [2.45, 2.75) is 6.92 Å². The van der Waals surface area contributed by atoms with E-state index in [2.05, 4.69) is 33.4 Å². The van der Waals surface area contributed by atoms with Crippen LogP contribution >= 0.6 is 15.9 Å². The Morgan fingerprint density at radius 1 is 1.05 bits per heavy atom. The van der Waals surface area contributed by atoms with Crippen LogP contribution in [0.3, 0.4) is 0 Å². The molecule has 3 nitrogen and oxygen atoms in total. The molecule has 0 aromatic heterocycles. The quantitative estimate of drug-likeness (QED) is 0.792. The van der Waals surface area contributed by atoms with Crippen molar-refractivity contribution >= 4 is 32.4 Å². The van der Waals surface area contributed by atoms with Crippen LogP contribution in [0.1, 0.15) is 6.92 Å². The van der Waals surface area contributed by atoms with Crippen LogP contribution < -0.4 is 5.32 Å². The minimum Gasteiger partial charge on any atom is -0.396 e. The number of halogens is 1. The lowest BCUT2D eigenvalue weighted by Crippen LogP contribution is -2.34. The molecule has 3 N–H and O–H groups in total. The second-order valence-electron chi connectivity index (χ2n) is 5.12. The molecule has 0 aliphatic heterocycles. The summed E-state index contributed by atoms with van der Waals surface area (Å²) in [5.41, 5.74) is 0.487. The minimum atomic E-state index is -0.520. The second kappa shape index (κ2) is 5.90. The zero-order chi connectivity index (χ0) is 13.9. The standard InChI is InChI=1S/C15H18BrNO2/c1-15(9-18,10-19)8-17-14-7-6-13(16)11-4-2-3-5-12(11)14/h2-7,17-19H,8-10H2,1H3. The number of rotatable bonds is 5. The van der Waals surface area contributed by atoms with Gasteiger partial charge in [-0.15, -0.1) is 0 Å². The highest BCUT2D eigenvalue weighted by atomic mass is 79.9. The molecule has 0 unspecified atom stereocenters. The van der Waals surface area contributed by atoms with Crippen LogP contribution in [-0.2, 0) is 0 Å². The van der Waals surface area contributed by atoms with Crippen LogP contribution in [-0.4, -0.2) is 30.0 Å². The number of fused-ring (bicyclic) bond motifs is 1. The summed E-state index contributed by atoms with van der Waals surface area (Å²) in [7, 11) is 0. The van der Waals surface area contributed by atoms with E-state index >= 15 is 0 Å². The van der Waals surface area contributed by atoms with Crippen LogP contribution in [0.25, 0.3) is 10.8 Å². The number of nitrogens with one attached hydrogen (secondary N) is 1. The van der Waals surface area contributed by atoms with Gasteiger partial charge < -0.3 is 15.5 Å². The first kappa shape index (κ1) is 14.3. The lowest BCUT2D eigenvalue weighted by Gasteiger charge is -2.25. The molecule has 0 aliphatic rings. The fourth-order valence-electron chi connectivity index (χ4n) is 1.89. The maximum Gasteiger partial charge on any atom is 0.0523 e. The van der Waals surface area contributed by atoms with E-state index in [-0.39, 0.29) is 13.2 Å². The van der Waals surface area contributed by atoms with Gasteiger partial charge in [0.1, 0.15) is 0 Å². The topological polar surface area (TPSA) is 52.5 Å². The first-order valence-electron chi connectivity index (χ1n) is 6.22. The first-order chi connectivity index (χ1) is 9.09. The van der Waals surface area contributed by atoms with Gasteiger partial charge in [0.05, 0.1) is 13.2 Å². The van der Waals surface area contributed by atoms with Gasteiger partial charge in [-0.25, -0.2) is 0 Å². The van der Waals surface area contributed by atoms with Gasteiger partial charge in [0, 0.05) is 27.5 Å². The summed E-state index contributed by atoms with van der Waals surface area (Å²) in [5, 5.41) is 24.2. The maximum absolute atomic E-state index is 9.31. The van der Waals surface area contributed by atoms with Crippen LogP contribution in [0.15, 0.2) is 40.9 Å². The summed E-state index contributed by atoms with van der Waals surface area (Å²) >= 11 is 3.54. The van der Waals surface area contributed by atoms with Gasteiger partial charge in [-0.05, 0) is 17.5 Å². The number of hydrogen-bond donors (Lipinski definition) is 3. The van der Waals surface area contributed by atoms with Crippen LogP contribution in [0.5, 0.6) is 0 Å². The summed E-state index contributed by atoms with van der Waals surface area (Å²) in [6, 6.07) is 12.1. The fourth-order valence-corrected chi connectivity index (χ4v) is 2.36. The van der Waals surface area contributed by atoms with E-state index in [0.29, 0.717) is 6.54 Å². The third-order valence-corrected chi connectivity index (χ3v) is 4.03. The van der Waals surface area contributed by atoms with Crippen LogP contribution in [0.4, 0.5) is 5.69 Å². The predicted octanol–water partition coefficient (Wildman–Crippen LogP) is 3.01. The Labute approximate surface area is 121 Å². The summed E-state index contributed by atoms with van der Waals surface area (Å²) in [5.74, 6) is 0. The molecule has 4 heteroatoms. The third kappa shape index (κ3) is 3.08. The van der Waals surface area contributed by atoms with Crippen molar-refractivity contribution in [3.63, 3.8) is 0 Å². The molecule has 2 aromatic rings. The molecule has 0 saturated heterocycles. The number of aliphatic hydroxyl groups excluding tert-OH is 2. The van der Waals surface area contributed by atoms with E-state index in [1.165, 1.54) is 0 Å². The molecule has 2 rings (SSSR count). The summed E-state index contributed by atoms with van der Waals surface area (Å²) in [6.45, 7) is 2.27. The largest absolute Gasteiger partial charge is 0.396 e. The van der Waals surface area contributed by atoms with E-state index in [0.717, 1.165) is 20.9 Å². The summed E-state index contributed by atoms with van der Waals surface area (Å²) in [6.07, 6.45) is 0. The Morgan fingerprint density at radius 3 is 2.32 bits per heavy atom. The minimum absolute atomic E-state index is 0.0506. The normalized spacial score (nSPS) is 11.8. The molecule has 0 amide bonds. The zero-order valence-electron chi connectivity index (χ0n) is 10.9. The molecule has 0 heterocycles. The van der Waals surface area contributed by atoms with Crippen molar-refractivity contribution in [2.24, 2.45) is 5.41 Å². The molecule has 0 atom stereocenters. The van der Waals surface area contributed by atoms with Gasteiger partial charge in [0.15, 0.2) is 0 Å². The van der Waals surface area contributed by atoms with Crippen molar-refractivity contribution in [3.05, 3.63) is 40.9 Å². The van der Waals surface area contributed by atoms with Gasteiger partial charge in [-0.1, -0.05) is 47.1 Å². The molecule has 102 valence electrons. The molecule has 0 radical (unpaired) electrons. The molecule has 0 aliphatic carbocycles. The Morgan fingerprint density at radius 2 is 1.68 bits per heavy atom. The predicted molar refractivity (Wildman–Crippen MR) is 82.4 cm³/mol. The van der Waals surface area contributed by atoms with Crippen molar-refractivity contribution in [1.29, 1.82) is 0 Å². The highest BCUT2D eigenvalue weighted by Crippen LogP contribution is 2.30. The summed E-state index contributed by atoms with van der Waals surface area (Å²) < 4.78 is 1.06. The Balaban J connectivity index is 2.29. The Hall–Kier alpha value is -1.10. The third-order valence-electron chi connectivity index (χ3n) is 3.34. The highest BCUT2D eigenvalue weighted by Gasteiger charge is 2.22. The SMILES string of the molecule is CC(CO)(CO)CNc1ccc(Br)c2ccccc12. The van der Waals surface area contributed by atoms with E-state index < -0.39 is 5.41 Å². The molecule has 2 aromatic carbocycles. The Bertz CT molecular complexity index is 567. The van der Waals surface area contributed by atoms with Gasteiger partial charge >= 0.3 is 0 Å². The first-order valence-corrected chi connectivity index (χ1v) is 7.02. The van der Waals surface area contributed by atoms with E-state index in [4.69, 9.17) is 0 Å². The monoisotopic (exact) mass is 323 g/mol. The highest BCUT2D eigenvalue weighted by molar-refractivity contribution is 9.10. The average molecular weight is 324 g/mol. The van der Waals surface area contributed by atoms with Crippen molar-refractivity contribution in [1.82, 2.24) is 0 Å². The number of aliphatic hydroxyl groups is 2. The number of anilines is 1. The van der Waals surface area contributed by atoms with E-state index in [9.17, 15) is 10.2 Å². The van der Waals surface area contributed by atoms with Gasteiger partial charge in [-0.3, -0.25) is 0 Å². The van der Waals surface area contributed by atoms with Gasteiger partial charge in [0.2, 0.25) is 0 Å². The van der Waals surface area contributed by atoms with Crippen molar-refractivity contribution in [2.75, 3.05) is 25.1 Å². The maximum atomic E-state index is 9.31. The molecule has 19 heavy (non-hydrogen) atoms. The molecule has 0 saturated carbocycles. The molecular formula is C15H18BrNO2. The van der Waals surface area contributed by atoms with Crippen molar-refractivity contribution < 1.29 is 10.2 Å². The van der Waals surface area contributed by atoms with E-state index in [1.54, 1.807) is 0 Å². The lowest BCUT2D eigenvalue weighted by atomic mass is 9.93. The van der Waals surface area contributed by atoms with Crippen molar-refractivity contribution in [3.8, 4) is 0 Å². The fraction of sp³-hybridized carbons (Fsp3) is 0.333. The molecule has 0 spiro atoms. The second-order valence-corrected chi connectivity index (χ2v) is 5.98. The van der Waals surface area contributed by atoms with E-state index in [1.807, 2.05) is 31.2 Å². The Kier molecular flexibility index (Phi) is 4.45. The zero-order valence-corrected chi connectivity index (χ0v) is 12.4. The number of benzene rings is 2. The molecule has 0 bridgehead atoms. The lowest BCUT2D eigenvalue weighted by molar-refractivity contribution is 0.0807.